The third kappa shape index (κ3) is 11.0. The number of carbonyl (C=O) groups excluding carboxylic acids is 4. The number of carbonyl (C=O) groups is 4. The second-order valence-electron chi connectivity index (χ2n) is 26.8. The van der Waals surface area contributed by atoms with Gasteiger partial charge in [0.1, 0.15) is 23.7 Å². The lowest BCUT2D eigenvalue weighted by molar-refractivity contribution is -0.198. The van der Waals surface area contributed by atoms with Crippen LogP contribution >= 0.6 is 0 Å². The summed E-state index contributed by atoms with van der Waals surface area (Å²) in [6, 6.07) is 8.31. The van der Waals surface area contributed by atoms with Crippen LogP contribution in [0.3, 0.4) is 0 Å². The summed E-state index contributed by atoms with van der Waals surface area (Å²) in [4.78, 5) is 77.9. The van der Waals surface area contributed by atoms with Crippen molar-refractivity contribution in [2.24, 2.45) is 17.3 Å². The Hall–Kier alpha value is -4.95. The molecule has 1 spiro atoms. The molecule has 8 atom stereocenters. The first kappa shape index (κ1) is 55.3. The lowest BCUT2D eigenvalue weighted by Gasteiger charge is -2.55. The van der Waals surface area contributed by atoms with E-state index in [0.717, 1.165) is 117 Å². The third-order valence-electron chi connectivity index (χ3n) is 20.3. The number of esters is 1. The summed E-state index contributed by atoms with van der Waals surface area (Å²) in [5.74, 6) is 0.242. The van der Waals surface area contributed by atoms with Crippen molar-refractivity contribution in [3.63, 3.8) is 0 Å². The number of nitrogens with one attached hydrogen (secondary N) is 2. The van der Waals surface area contributed by atoms with Crippen molar-refractivity contribution >= 4 is 45.9 Å². The van der Waals surface area contributed by atoms with E-state index in [4.69, 9.17) is 19.2 Å². The minimum Gasteiger partial charge on any atom is -0.464 e. The van der Waals surface area contributed by atoms with Crippen LogP contribution in [0.15, 0.2) is 36.5 Å². The number of ether oxygens (including phenoxy) is 3. The maximum atomic E-state index is 15.4. The lowest BCUT2D eigenvalue weighted by atomic mass is 9.84. The van der Waals surface area contributed by atoms with Crippen LogP contribution in [0.25, 0.3) is 27.7 Å². The van der Waals surface area contributed by atoms with Gasteiger partial charge in [-0.15, -0.1) is 0 Å². The van der Waals surface area contributed by atoms with Crippen LogP contribution in [0, 0.1) is 17.3 Å². The minimum atomic E-state index is -0.882. The molecule has 9 heterocycles. The fourth-order valence-electron chi connectivity index (χ4n) is 15.5. The maximum absolute atomic E-state index is 15.4. The second-order valence-corrected chi connectivity index (χ2v) is 26.8. The van der Waals surface area contributed by atoms with E-state index in [-0.39, 0.29) is 48.4 Å². The van der Waals surface area contributed by atoms with Gasteiger partial charge in [0.2, 0.25) is 11.8 Å². The molecule has 18 nitrogen and oxygen atoms in total. The van der Waals surface area contributed by atoms with E-state index in [2.05, 4.69) is 105 Å². The Morgan fingerprint density at radius 1 is 0.938 bits per heavy atom. The molecule has 1 aromatic carbocycles. The first-order valence-electron chi connectivity index (χ1n) is 31.2. The SMILES string of the molecule is CCn1c(-c2cc(N3CCN(C4CC4)CC3)cnc2[C@H](C)OC)c2c3cc(ccc31)C1=CCCN(C1)C[C@H](NC(=O)[C@H](C1CCCC1)N1CCOC3(CN(C(=O)[C@H]4[C@@H](C5CC5)N4C)C3)C1)C(=O)N1CCC[C@H](N1)C(=O)OCC(C)(C)C2. The Balaban J connectivity index is 0.808. The zero-order chi connectivity index (χ0) is 55.9. The van der Waals surface area contributed by atoms with Gasteiger partial charge in [-0.3, -0.25) is 48.8 Å². The number of aryl methyl sites for hydroxylation is 1. The zero-order valence-corrected chi connectivity index (χ0v) is 49.1. The monoisotopic (exact) mass is 1110 g/mol. The number of anilines is 1. The molecule has 13 rings (SSSR count). The standard InChI is InChI=1S/C63H89N11O7/c1-7-73-52-21-18-43-30-47(52)49(56(73)48-31-46(33-64-53(48)40(2)79-6)70-26-24-69(25-27-70)45-19-20-45)32-62(3,4)39-80-61(78)50-15-11-23-74(66-50)59(76)51(35-68-22-10-14-44(43)34-68)65-58(75)55(41-12-8-9-13-41)71-28-29-81-63(36-71)37-72(38-63)60(77)57-54(67(57)5)42-16-17-42/h14,18,21,30-31,33,40-42,45,50-51,54-55,57,66H,7-13,15-17,19-20,22-29,32,34-39H2,1-6H3,(H,65,75)/t40-,50-,51-,54+,55-,57+,67?/m0/s1. The van der Waals surface area contributed by atoms with Crippen molar-refractivity contribution < 1.29 is 33.4 Å². The Bertz CT molecular complexity index is 2910. The molecule has 7 aliphatic heterocycles. The largest absolute Gasteiger partial charge is 0.464 e. The van der Waals surface area contributed by atoms with E-state index in [1.165, 1.54) is 36.8 Å². The highest BCUT2D eigenvalue weighted by atomic mass is 16.5. The molecular formula is C63H89N11O7. The molecule has 10 aliphatic rings. The zero-order valence-electron chi connectivity index (χ0n) is 49.1. The number of nitrogens with zero attached hydrogens (tertiary/aromatic N) is 9. The molecule has 0 radical (unpaired) electrons. The smallest absolute Gasteiger partial charge is 0.324 e. The van der Waals surface area contributed by atoms with E-state index in [9.17, 15) is 9.59 Å². The Morgan fingerprint density at radius 2 is 1.73 bits per heavy atom. The van der Waals surface area contributed by atoms with Crippen LogP contribution in [-0.4, -0.2) is 211 Å². The number of likely N-dealkylation sites (tertiary alicyclic amines) is 1. The van der Waals surface area contributed by atoms with Gasteiger partial charge in [0.05, 0.1) is 61.7 Å². The van der Waals surface area contributed by atoms with E-state index < -0.39 is 29.1 Å². The summed E-state index contributed by atoms with van der Waals surface area (Å²) < 4.78 is 21.4. The third-order valence-corrected chi connectivity index (χ3v) is 20.3. The summed E-state index contributed by atoms with van der Waals surface area (Å²) >= 11 is 0. The van der Waals surface area contributed by atoms with E-state index >= 15 is 9.59 Å². The van der Waals surface area contributed by atoms with Crippen molar-refractivity contribution in [1.29, 1.82) is 0 Å². The van der Waals surface area contributed by atoms with Crippen molar-refractivity contribution in [1.82, 2.24) is 49.8 Å². The number of aromatic nitrogens is 2. The lowest BCUT2D eigenvalue weighted by Crippen LogP contribution is -2.73. The van der Waals surface area contributed by atoms with Crippen LogP contribution in [0.5, 0.6) is 0 Å². The van der Waals surface area contributed by atoms with E-state index in [0.29, 0.717) is 83.6 Å². The number of likely N-dealkylation sites (N-methyl/N-ethyl adjacent to an activating group) is 1. The van der Waals surface area contributed by atoms with Crippen LogP contribution in [0.4, 0.5) is 5.69 Å². The number of hydrogen-bond donors (Lipinski definition) is 2. The predicted molar refractivity (Wildman–Crippen MR) is 311 cm³/mol. The average molecular weight is 1110 g/mol. The summed E-state index contributed by atoms with van der Waals surface area (Å²) in [5.41, 5.74) is 11.2. The van der Waals surface area contributed by atoms with Crippen molar-refractivity contribution in [2.45, 2.75) is 159 Å². The molecule has 8 fully saturated rings. The van der Waals surface area contributed by atoms with Crippen molar-refractivity contribution in [2.75, 3.05) is 111 Å². The number of fused-ring (bicyclic) bond motifs is 6. The van der Waals surface area contributed by atoms with Gasteiger partial charge in [-0.25, -0.2) is 5.43 Å². The predicted octanol–water partition coefficient (Wildman–Crippen LogP) is 5.47. The van der Waals surface area contributed by atoms with Gasteiger partial charge in [-0.2, -0.15) is 0 Å². The number of methoxy groups -OCH3 is 1. The molecule has 3 amide bonds. The highest BCUT2D eigenvalue weighted by Crippen LogP contribution is 2.48. The molecule has 3 saturated carbocycles. The van der Waals surface area contributed by atoms with E-state index in [1.54, 1.807) is 12.1 Å². The Kier molecular flexibility index (Phi) is 15.2. The number of rotatable bonds is 12. The van der Waals surface area contributed by atoms with Gasteiger partial charge in [0, 0.05) is 113 Å². The van der Waals surface area contributed by atoms with Crippen LogP contribution in [0.2, 0.25) is 0 Å². The topological polar surface area (TPSA) is 160 Å². The Labute approximate surface area is 479 Å². The molecule has 3 aromatic rings. The minimum absolute atomic E-state index is 0.0201. The van der Waals surface area contributed by atoms with Crippen molar-refractivity contribution in [3.05, 3.63) is 53.4 Å². The molecule has 3 aliphatic carbocycles. The number of hydrogen-bond acceptors (Lipinski definition) is 14. The summed E-state index contributed by atoms with van der Waals surface area (Å²) in [6.07, 6.45) is 15.8. The number of piperazine rings is 1. The fourth-order valence-corrected chi connectivity index (χ4v) is 15.5. The molecule has 18 heteroatoms. The molecule has 2 unspecified atom stereocenters. The summed E-state index contributed by atoms with van der Waals surface area (Å²) in [5, 5.41) is 6.16. The van der Waals surface area contributed by atoms with Gasteiger partial charge in [-0.1, -0.05) is 38.8 Å². The molecule has 5 saturated heterocycles. The average Bonchev–Trinajstić information content (AvgIpc) is 4.45. The number of morpholine rings is 1. The van der Waals surface area contributed by atoms with Gasteiger partial charge in [0.25, 0.3) is 5.91 Å². The van der Waals surface area contributed by atoms with Crippen LogP contribution < -0.4 is 15.6 Å². The highest BCUT2D eigenvalue weighted by molar-refractivity contribution is 5.95. The first-order valence-corrected chi connectivity index (χ1v) is 31.2. The normalized spacial score (nSPS) is 30.1. The van der Waals surface area contributed by atoms with E-state index in [1.807, 2.05) is 11.1 Å². The quantitative estimate of drug-likeness (QED) is 0.174. The molecule has 6 bridgehead atoms. The molecule has 438 valence electrons. The maximum Gasteiger partial charge on any atom is 0.324 e. The summed E-state index contributed by atoms with van der Waals surface area (Å²) in [6.45, 7) is 18.4. The van der Waals surface area contributed by atoms with Gasteiger partial charge >= 0.3 is 5.97 Å². The molecule has 2 aromatic heterocycles. The van der Waals surface area contributed by atoms with Crippen LogP contribution in [-0.2, 0) is 46.4 Å². The molecule has 81 heavy (non-hydrogen) atoms. The van der Waals surface area contributed by atoms with Crippen molar-refractivity contribution in [3.8, 4) is 11.3 Å². The molecule has 2 N–H and O–H groups in total. The fraction of sp³-hybridized carbons (Fsp3) is 0.698. The number of benzene rings is 1. The second kappa shape index (κ2) is 22.2. The summed E-state index contributed by atoms with van der Waals surface area (Å²) in [7, 11) is 3.83. The van der Waals surface area contributed by atoms with Gasteiger partial charge in [0.15, 0.2) is 0 Å². The molecular weight excluding hydrogens is 1020 g/mol. The first-order chi connectivity index (χ1) is 39.2. The number of hydrazine groups is 1. The number of cyclic esters (lactones) is 1. The van der Waals surface area contributed by atoms with Crippen LogP contribution in [0.1, 0.15) is 121 Å². The number of pyridine rings is 1. The van der Waals surface area contributed by atoms with Gasteiger partial charge < -0.3 is 33.9 Å². The highest BCUT2D eigenvalue weighted by Gasteiger charge is 2.61. The van der Waals surface area contributed by atoms with Gasteiger partial charge in [-0.05, 0) is 132 Å². The number of amides is 3. The Morgan fingerprint density at radius 3 is 2.47 bits per heavy atom.